The molecule has 0 heterocycles. The highest BCUT2D eigenvalue weighted by Crippen LogP contribution is 2.22. The molecule has 2 aromatic rings. The minimum Gasteiger partial charge on any atom is -0.379 e. The van der Waals surface area contributed by atoms with Crippen LogP contribution in [0.4, 0.5) is 5.69 Å². The number of benzene rings is 2. The maximum Gasteiger partial charge on any atom is 0.339 e. The van der Waals surface area contributed by atoms with Crippen LogP contribution in [0.25, 0.3) is 0 Å². The molecule has 0 saturated heterocycles. The lowest BCUT2D eigenvalue weighted by atomic mass is 10.1. The molecule has 0 aliphatic heterocycles. The number of hydrogen-bond acceptors (Lipinski definition) is 5. The van der Waals surface area contributed by atoms with Crippen LogP contribution in [0.5, 0.6) is 5.75 Å². The molecule has 0 unspecified atom stereocenters. The second-order valence-corrected chi connectivity index (χ2v) is 9.15. The molecule has 0 saturated carbocycles. The average Bonchev–Trinajstić information content (AvgIpc) is 2.65. The summed E-state index contributed by atoms with van der Waals surface area (Å²) in [6.45, 7) is 9.31. The fourth-order valence-electron chi connectivity index (χ4n) is 2.82. The Hall–Kier alpha value is -2.87. The molecule has 2 rings (SSSR count). The molecule has 162 valence electrons. The molecule has 0 spiro atoms. The Labute approximate surface area is 178 Å². The van der Waals surface area contributed by atoms with E-state index in [4.69, 9.17) is 4.18 Å². The van der Waals surface area contributed by atoms with Crippen molar-refractivity contribution in [3.8, 4) is 5.75 Å². The molecular weight excluding hydrogens is 404 g/mol. The number of carbonyl (C=O) groups excluding carboxylic acids is 2. The van der Waals surface area contributed by atoms with Gasteiger partial charge in [-0.2, -0.15) is 8.42 Å². The van der Waals surface area contributed by atoms with Crippen molar-refractivity contribution in [3.63, 3.8) is 0 Å². The molecule has 0 aliphatic rings. The van der Waals surface area contributed by atoms with Crippen molar-refractivity contribution in [1.29, 1.82) is 0 Å². The standard InChI is InChI=1S/C22H28N2O5S/c1-15(2)22(26)24(16(3)4)14-18-7-6-8-20(13-18)29-30(27,28)21-11-9-19(10-12-21)23-17(5)25/h6-13,15-16H,14H2,1-5H3,(H,23,25). The minimum absolute atomic E-state index is 0.00957. The quantitative estimate of drug-likeness (QED) is 0.641. The van der Waals surface area contributed by atoms with Crippen LogP contribution in [0, 0.1) is 5.92 Å². The van der Waals surface area contributed by atoms with Gasteiger partial charge in [0.25, 0.3) is 0 Å². The lowest BCUT2D eigenvalue weighted by molar-refractivity contribution is -0.136. The summed E-state index contributed by atoms with van der Waals surface area (Å²) >= 11 is 0. The highest BCUT2D eigenvalue weighted by Gasteiger charge is 2.21. The highest BCUT2D eigenvalue weighted by atomic mass is 32.2. The number of amides is 2. The maximum atomic E-state index is 12.6. The Kier molecular flexibility index (Phi) is 7.61. The van der Waals surface area contributed by atoms with Crippen molar-refractivity contribution in [2.75, 3.05) is 5.32 Å². The topological polar surface area (TPSA) is 92.8 Å². The summed E-state index contributed by atoms with van der Waals surface area (Å²) in [5, 5.41) is 2.58. The summed E-state index contributed by atoms with van der Waals surface area (Å²) in [6.07, 6.45) is 0. The van der Waals surface area contributed by atoms with Gasteiger partial charge in [0.2, 0.25) is 11.8 Å². The molecule has 1 N–H and O–H groups in total. The Morgan fingerprint density at radius 1 is 1.03 bits per heavy atom. The van der Waals surface area contributed by atoms with Crippen molar-refractivity contribution in [2.45, 2.75) is 52.1 Å². The minimum atomic E-state index is -4.04. The molecular formula is C22H28N2O5S. The first kappa shape index (κ1) is 23.4. The van der Waals surface area contributed by atoms with E-state index in [1.165, 1.54) is 31.2 Å². The Bertz CT molecular complexity index is 998. The molecule has 30 heavy (non-hydrogen) atoms. The number of nitrogens with one attached hydrogen (secondary N) is 1. The van der Waals surface area contributed by atoms with Gasteiger partial charge in [-0.1, -0.05) is 26.0 Å². The summed E-state index contributed by atoms with van der Waals surface area (Å²) in [5.41, 5.74) is 1.26. The van der Waals surface area contributed by atoms with Gasteiger partial charge in [-0.05, 0) is 55.8 Å². The normalized spacial score (nSPS) is 11.4. The van der Waals surface area contributed by atoms with Gasteiger partial charge in [-0.3, -0.25) is 9.59 Å². The molecule has 0 radical (unpaired) electrons. The summed E-state index contributed by atoms with van der Waals surface area (Å²) in [7, 11) is -4.04. The van der Waals surface area contributed by atoms with Crippen molar-refractivity contribution < 1.29 is 22.2 Å². The van der Waals surface area contributed by atoms with Gasteiger partial charge in [-0.15, -0.1) is 0 Å². The van der Waals surface area contributed by atoms with Gasteiger partial charge in [-0.25, -0.2) is 0 Å². The van der Waals surface area contributed by atoms with Crippen molar-refractivity contribution in [2.24, 2.45) is 5.92 Å². The number of nitrogens with zero attached hydrogens (tertiary/aromatic N) is 1. The van der Waals surface area contributed by atoms with Crippen LogP contribution in [0.3, 0.4) is 0 Å². The van der Waals surface area contributed by atoms with Gasteiger partial charge < -0.3 is 14.4 Å². The van der Waals surface area contributed by atoms with E-state index >= 15 is 0 Å². The van der Waals surface area contributed by atoms with E-state index in [0.29, 0.717) is 12.2 Å². The molecule has 0 fully saturated rings. The third kappa shape index (κ3) is 6.32. The second-order valence-electron chi connectivity index (χ2n) is 7.61. The van der Waals surface area contributed by atoms with Crippen molar-refractivity contribution >= 4 is 27.6 Å². The van der Waals surface area contributed by atoms with E-state index in [-0.39, 0.29) is 34.4 Å². The number of rotatable bonds is 8. The van der Waals surface area contributed by atoms with E-state index in [9.17, 15) is 18.0 Å². The number of anilines is 1. The van der Waals surface area contributed by atoms with E-state index in [1.807, 2.05) is 33.8 Å². The largest absolute Gasteiger partial charge is 0.379 e. The van der Waals surface area contributed by atoms with Gasteiger partial charge in [0, 0.05) is 31.1 Å². The first-order valence-corrected chi connectivity index (χ1v) is 11.1. The van der Waals surface area contributed by atoms with Crippen LogP contribution in [-0.4, -0.2) is 31.2 Å². The van der Waals surface area contributed by atoms with Crippen LogP contribution >= 0.6 is 0 Å². The fourth-order valence-corrected chi connectivity index (χ4v) is 3.74. The summed E-state index contributed by atoms with van der Waals surface area (Å²) < 4.78 is 30.5. The van der Waals surface area contributed by atoms with Crippen molar-refractivity contribution in [1.82, 2.24) is 4.90 Å². The molecule has 0 atom stereocenters. The van der Waals surface area contributed by atoms with E-state index < -0.39 is 10.1 Å². The third-order valence-corrected chi connectivity index (χ3v) is 5.58. The fraction of sp³-hybridized carbons (Fsp3) is 0.364. The van der Waals surface area contributed by atoms with Crippen LogP contribution in [0.1, 0.15) is 40.2 Å². The lowest BCUT2D eigenvalue weighted by Gasteiger charge is -2.28. The molecule has 0 bridgehead atoms. The van der Waals surface area contributed by atoms with E-state index in [0.717, 1.165) is 5.56 Å². The van der Waals surface area contributed by atoms with Gasteiger partial charge in [0.1, 0.15) is 10.6 Å². The van der Waals surface area contributed by atoms with Crippen LogP contribution in [-0.2, 0) is 26.3 Å². The Morgan fingerprint density at radius 2 is 1.67 bits per heavy atom. The summed E-state index contributed by atoms with van der Waals surface area (Å²) in [6, 6.07) is 12.4. The number of hydrogen-bond donors (Lipinski definition) is 1. The molecule has 0 aromatic heterocycles. The number of carbonyl (C=O) groups is 2. The van der Waals surface area contributed by atoms with Crippen LogP contribution in [0.2, 0.25) is 0 Å². The molecule has 7 nitrogen and oxygen atoms in total. The Morgan fingerprint density at radius 3 is 2.20 bits per heavy atom. The smallest absolute Gasteiger partial charge is 0.339 e. The van der Waals surface area contributed by atoms with Gasteiger partial charge >= 0.3 is 10.1 Å². The molecule has 2 amide bonds. The first-order chi connectivity index (χ1) is 14.0. The van der Waals surface area contributed by atoms with Crippen molar-refractivity contribution in [3.05, 3.63) is 54.1 Å². The van der Waals surface area contributed by atoms with Gasteiger partial charge in [0.15, 0.2) is 0 Å². The van der Waals surface area contributed by atoms with Gasteiger partial charge in [0.05, 0.1) is 0 Å². The highest BCUT2D eigenvalue weighted by molar-refractivity contribution is 7.87. The zero-order valence-corrected chi connectivity index (χ0v) is 18.7. The zero-order valence-electron chi connectivity index (χ0n) is 17.9. The monoisotopic (exact) mass is 432 g/mol. The maximum absolute atomic E-state index is 12.6. The SMILES string of the molecule is CC(=O)Nc1ccc(S(=O)(=O)Oc2cccc(CN(C(=O)C(C)C)C(C)C)c2)cc1. The predicted octanol–water partition coefficient (Wildman–Crippen LogP) is 3.81. The molecule has 0 aliphatic carbocycles. The Balaban J connectivity index is 2.19. The molecule has 2 aromatic carbocycles. The van der Waals surface area contributed by atoms with Crippen LogP contribution in [0.15, 0.2) is 53.4 Å². The zero-order chi connectivity index (χ0) is 22.5. The first-order valence-electron chi connectivity index (χ1n) is 9.71. The second kappa shape index (κ2) is 9.75. The summed E-state index contributed by atoms with van der Waals surface area (Å²) in [4.78, 5) is 25.3. The van der Waals surface area contributed by atoms with Crippen LogP contribution < -0.4 is 9.50 Å². The average molecular weight is 433 g/mol. The molecule has 8 heteroatoms. The summed E-state index contributed by atoms with van der Waals surface area (Å²) in [5.74, 6) is -0.180. The third-order valence-electron chi connectivity index (χ3n) is 4.32. The lowest BCUT2D eigenvalue weighted by Crippen LogP contribution is -2.38. The predicted molar refractivity (Wildman–Crippen MR) is 116 cm³/mol. The van der Waals surface area contributed by atoms with E-state index in [2.05, 4.69) is 5.32 Å². The van der Waals surface area contributed by atoms with E-state index in [1.54, 1.807) is 23.1 Å².